The normalized spacial score (nSPS) is 17.9. The maximum absolute atomic E-state index is 11.9. The fourth-order valence-electron chi connectivity index (χ4n) is 2.86. The summed E-state index contributed by atoms with van der Waals surface area (Å²) in [5.74, 6) is 1.57. The van der Waals surface area contributed by atoms with Crippen molar-refractivity contribution < 1.29 is 9.53 Å². The Kier molecular flexibility index (Phi) is 8.12. The quantitative estimate of drug-likeness (QED) is 0.391. The number of ether oxygens (including phenoxy) is 1. The number of likely N-dealkylation sites (tertiary alicyclic amines) is 1. The van der Waals surface area contributed by atoms with E-state index in [1.54, 1.807) is 25.2 Å². The van der Waals surface area contributed by atoms with Gasteiger partial charge in [-0.25, -0.2) is 9.98 Å². The van der Waals surface area contributed by atoms with Gasteiger partial charge in [0.05, 0.1) is 0 Å². The fourth-order valence-corrected chi connectivity index (χ4v) is 2.86. The molecule has 0 bridgehead atoms. The first-order chi connectivity index (χ1) is 12.5. The Bertz CT molecular complexity index is 655. The van der Waals surface area contributed by atoms with Gasteiger partial charge in [-0.15, -0.1) is 24.0 Å². The molecule has 1 amide bonds. The topological polar surface area (TPSA) is 70.1 Å². The standard InChI is InChI=1S/C19H29N5O2.HI/c1-14-6-9-20-17(12-14)26-16-7-10-24(11-8-16)19(22-15-4-5-15)21-13-18(25)23(2)3;/h6,9,12,15-16H,4-5,7-8,10-11,13H2,1-3H3,(H,21,22);1H. The van der Waals surface area contributed by atoms with E-state index in [1.807, 2.05) is 19.1 Å². The summed E-state index contributed by atoms with van der Waals surface area (Å²) in [5.41, 5.74) is 1.15. The zero-order chi connectivity index (χ0) is 18.5. The summed E-state index contributed by atoms with van der Waals surface area (Å²) in [4.78, 5) is 24.5. The number of amides is 1. The number of pyridine rings is 1. The second-order valence-corrected chi connectivity index (χ2v) is 7.32. The highest BCUT2D eigenvalue weighted by Gasteiger charge is 2.28. The van der Waals surface area contributed by atoms with E-state index in [2.05, 4.69) is 20.2 Å². The van der Waals surface area contributed by atoms with Crippen molar-refractivity contribution in [2.24, 2.45) is 4.99 Å². The van der Waals surface area contributed by atoms with Gasteiger partial charge in [0.1, 0.15) is 12.6 Å². The minimum absolute atomic E-state index is 0. The zero-order valence-electron chi connectivity index (χ0n) is 16.4. The highest BCUT2D eigenvalue weighted by molar-refractivity contribution is 14.0. The van der Waals surface area contributed by atoms with Gasteiger partial charge in [0, 0.05) is 58.3 Å². The first-order valence-electron chi connectivity index (χ1n) is 9.36. The molecule has 3 rings (SSSR count). The third kappa shape index (κ3) is 6.82. The molecule has 150 valence electrons. The maximum Gasteiger partial charge on any atom is 0.243 e. The number of likely N-dealkylation sites (N-methyl/N-ethyl adjacent to an activating group) is 1. The molecule has 1 aromatic rings. The van der Waals surface area contributed by atoms with Crippen LogP contribution in [0.3, 0.4) is 0 Å². The second kappa shape index (κ2) is 10.1. The lowest BCUT2D eigenvalue weighted by Gasteiger charge is -2.34. The summed E-state index contributed by atoms with van der Waals surface area (Å²) < 4.78 is 6.03. The molecule has 0 radical (unpaired) electrons. The van der Waals surface area contributed by atoms with E-state index in [4.69, 9.17) is 4.74 Å². The Labute approximate surface area is 178 Å². The predicted molar refractivity (Wildman–Crippen MR) is 117 cm³/mol. The van der Waals surface area contributed by atoms with Crippen LogP contribution in [0.4, 0.5) is 0 Å². The van der Waals surface area contributed by atoms with Gasteiger partial charge in [-0.3, -0.25) is 4.79 Å². The lowest BCUT2D eigenvalue weighted by atomic mass is 10.1. The molecular weight excluding hydrogens is 457 g/mol. The lowest BCUT2D eigenvalue weighted by molar-refractivity contribution is -0.127. The third-order valence-electron chi connectivity index (χ3n) is 4.69. The van der Waals surface area contributed by atoms with Crippen molar-refractivity contribution in [2.75, 3.05) is 33.7 Å². The summed E-state index contributed by atoms with van der Waals surface area (Å²) >= 11 is 0. The van der Waals surface area contributed by atoms with Crippen molar-refractivity contribution >= 4 is 35.8 Å². The zero-order valence-corrected chi connectivity index (χ0v) is 18.7. The average molecular weight is 487 g/mol. The Hall–Kier alpha value is -1.58. The predicted octanol–water partition coefficient (Wildman–Crippen LogP) is 2.05. The van der Waals surface area contributed by atoms with Crippen LogP contribution in [0.2, 0.25) is 0 Å². The average Bonchev–Trinajstić information content (AvgIpc) is 3.43. The van der Waals surface area contributed by atoms with Crippen LogP contribution < -0.4 is 10.1 Å². The van der Waals surface area contributed by atoms with Crippen LogP contribution in [-0.2, 0) is 4.79 Å². The molecule has 1 N–H and O–H groups in total. The largest absolute Gasteiger partial charge is 0.474 e. The van der Waals surface area contributed by atoms with Crippen molar-refractivity contribution in [3.8, 4) is 5.88 Å². The molecule has 1 saturated heterocycles. The highest BCUT2D eigenvalue weighted by atomic mass is 127. The van der Waals surface area contributed by atoms with E-state index in [0.717, 1.165) is 37.5 Å². The highest BCUT2D eigenvalue weighted by Crippen LogP contribution is 2.21. The van der Waals surface area contributed by atoms with Crippen LogP contribution >= 0.6 is 24.0 Å². The number of nitrogens with zero attached hydrogens (tertiary/aromatic N) is 4. The van der Waals surface area contributed by atoms with Gasteiger partial charge in [-0.1, -0.05) is 0 Å². The Morgan fingerprint density at radius 2 is 2.04 bits per heavy atom. The van der Waals surface area contributed by atoms with Crippen LogP contribution in [0.25, 0.3) is 0 Å². The van der Waals surface area contributed by atoms with E-state index < -0.39 is 0 Å². The first kappa shape index (κ1) is 21.7. The van der Waals surface area contributed by atoms with E-state index >= 15 is 0 Å². The van der Waals surface area contributed by atoms with Crippen molar-refractivity contribution in [3.63, 3.8) is 0 Å². The monoisotopic (exact) mass is 487 g/mol. The van der Waals surface area contributed by atoms with Crippen LogP contribution in [0.5, 0.6) is 5.88 Å². The minimum atomic E-state index is 0. The molecule has 1 saturated carbocycles. The van der Waals surface area contributed by atoms with Gasteiger partial charge in [0.25, 0.3) is 0 Å². The SMILES string of the molecule is Cc1ccnc(OC2CCN(C(=NCC(=O)N(C)C)NC3CC3)CC2)c1.I. The van der Waals surface area contributed by atoms with E-state index in [-0.39, 0.29) is 42.5 Å². The molecule has 1 aliphatic heterocycles. The second-order valence-electron chi connectivity index (χ2n) is 7.32. The van der Waals surface area contributed by atoms with Crippen LogP contribution in [0.15, 0.2) is 23.3 Å². The smallest absolute Gasteiger partial charge is 0.243 e. The molecule has 0 spiro atoms. The summed E-state index contributed by atoms with van der Waals surface area (Å²) in [6.07, 6.45) is 6.15. The number of rotatable bonds is 5. The van der Waals surface area contributed by atoms with Crippen LogP contribution in [0, 0.1) is 6.92 Å². The van der Waals surface area contributed by atoms with Crippen molar-refractivity contribution in [2.45, 2.75) is 44.8 Å². The number of nitrogens with one attached hydrogen (secondary N) is 1. The van der Waals surface area contributed by atoms with Gasteiger partial charge < -0.3 is 19.9 Å². The number of carbonyl (C=O) groups excluding carboxylic acids is 1. The molecule has 0 aromatic carbocycles. The van der Waals surface area contributed by atoms with Gasteiger partial charge in [-0.2, -0.15) is 0 Å². The molecule has 27 heavy (non-hydrogen) atoms. The summed E-state index contributed by atoms with van der Waals surface area (Å²) in [6.45, 7) is 3.96. The van der Waals surface area contributed by atoms with E-state index in [9.17, 15) is 4.79 Å². The van der Waals surface area contributed by atoms with Crippen molar-refractivity contribution in [1.29, 1.82) is 0 Å². The van der Waals surface area contributed by atoms with Crippen molar-refractivity contribution in [3.05, 3.63) is 23.9 Å². The number of aromatic nitrogens is 1. The Balaban J connectivity index is 0.00000261. The number of aliphatic imine (C=N–C) groups is 1. The number of hydrogen-bond donors (Lipinski definition) is 1. The summed E-state index contributed by atoms with van der Waals surface area (Å²) in [6, 6.07) is 4.45. The molecule has 7 nitrogen and oxygen atoms in total. The summed E-state index contributed by atoms with van der Waals surface area (Å²) in [7, 11) is 3.52. The van der Waals surface area contributed by atoms with Crippen LogP contribution in [0.1, 0.15) is 31.2 Å². The van der Waals surface area contributed by atoms with E-state index in [0.29, 0.717) is 11.9 Å². The Morgan fingerprint density at radius 1 is 1.33 bits per heavy atom. The van der Waals surface area contributed by atoms with Gasteiger partial charge >= 0.3 is 0 Å². The van der Waals surface area contributed by atoms with Gasteiger partial charge in [0.2, 0.25) is 11.8 Å². The molecule has 1 aromatic heterocycles. The molecule has 2 fully saturated rings. The third-order valence-corrected chi connectivity index (χ3v) is 4.69. The maximum atomic E-state index is 11.9. The number of aryl methyl sites for hydroxylation is 1. The number of carbonyl (C=O) groups is 1. The Morgan fingerprint density at radius 3 is 2.63 bits per heavy atom. The summed E-state index contributed by atoms with van der Waals surface area (Å²) in [5, 5.41) is 3.48. The molecule has 2 heterocycles. The number of piperidine rings is 1. The lowest BCUT2D eigenvalue weighted by Crippen LogP contribution is -2.48. The number of hydrogen-bond acceptors (Lipinski definition) is 4. The van der Waals surface area contributed by atoms with E-state index in [1.165, 1.54) is 12.8 Å². The molecule has 0 unspecified atom stereocenters. The molecule has 0 atom stereocenters. The molecule has 2 aliphatic rings. The minimum Gasteiger partial charge on any atom is -0.474 e. The molecule has 1 aliphatic carbocycles. The fraction of sp³-hybridized carbons (Fsp3) is 0.632. The first-order valence-corrected chi connectivity index (χ1v) is 9.36. The number of halogens is 1. The number of guanidine groups is 1. The van der Waals surface area contributed by atoms with Gasteiger partial charge in [0.15, 0.2) is 5.96 Å². The van der Waals surface area contributed by atoms with Crippen molar-refractivity contribution in [1.82, 2.24) is 20.1 Å². The van der Waals surface area contributed by atoms with Crippen LogP contribution in [-0.4, -0.2) is 72.5 Å². The molecule has 8 heteroatoms. The van der Waals surface area contributed by atoms with Gasteiger partial charge in [-0.05, 0) is 31.4 Å². The molecular formula is C19H30IN5O2.